The maximum Gasteiger partial charge on any atom is 0.343 e. The summed E-state index contributed by atoms with van der Waals surface area (Å²) in [6.45, 7) is 13.6. The third kappa shape index (κ3) is 9.76. The first-order valence-corrected chi connectivity index (χ1v) is 26.2. The molecular weight excluding hydrogens is 973 g/mol. The number of halogens is 2. The van der Waals surface area contributed by atoms with Crippen LogP contribution in [0.15, 0.2) is 72.8 Å². The standard InChI is InChI=1S/C54H58Cl2O12P2/c1-29-19-37(20-30(2)49(29)63-11)69(59,38-21-31(3)50(64-12)32(4)22-38)43-17-15-41(55)53(67-27-45(57)61-9)47(43)48-44(18-16-42(56)54(48)68-28-46(58)62-10)70(60,39-23-33(5)51(65-13)34(6)24-39)40-25-35(7)52(66-14)36(8)26-40/h15-26H,27-28H2,1-14H3. The van der Waals surface area contributed by atoms with Crippen molar-refractivity contribution in [3.05, 3.63) is 127 Å². The Balaban J connectivity index is 1.97. The second-order valence-corrected chi connectivity index (χ2v) is 23.2. The number of carbonyl (C=O) groups is 2. The number of esters is 2. The molecule has 6 aromatic carbocycles. The molecule has 0 spiro atoms. The molecule has 0 bridgehead atoms. The predicted molar refractivity (Wildman–Crippen MR) is 280 cm³/mol. The van der Waals surface area contributed by atoms with Crippen LogP contribution < -0.4 is 60.2 Å². The largest absolute Gasteiger partial charge is 0.496 e. The number of methoxy groups -OCH3 is 6. The minimum absolute atomic E-state index is 0.0125. The fourth-order valence-corrected chi connectivity index (χ4v) is 16.1. The highest BCUT2D eigenvalue weighted by molar-refractivity contribution is 7.86. The highest BCUT2D eigenvalue weighted by atomic mass is 35.5. The van der Waals surface area contributed by atoms with Gasteiger partial charge in [0.05, 0.1) is 52.7 Å². The Kier molecular flexibility index (Phi) is 16.5. The molecule has 0 N–H and O–H groups in total. The molecule has 0 fully saturated rings. The monoisotopic (exact) mass is 1030 g/mol. The van der Waals surface area contributed by atoms with Gasteiger partial charge in [-0.2, -0.15) is 0 Å². The first-order chi connectivity index (χ1) is 33.2. The van der Waals surface area contributed by atoms with Gasteiger partial charge in [-0.15, -0.1) is 0 Å². The van der Waals surface area contributed by atoms with Crippen molar-refractivity contribution in [3.63, 3.8) is 0 Å². The van der Waals surface area contributed by atoms with Crippen LogP contribution in [0.4, 0.5) is 0 Å². The van der Waals surface area contributed by atoms with Crippen LogP contribution in [-0.2, 0) is 28.2 Å². The third-order valence-electron chi connectivity index (χ3n) is 12.3. The minimum Gasteiger partial charge on any atom is -0.496 e. The second kappa shape index (κ2) is 21.6. The van der Waals surface area contributed by atoms with Crippen LogP contribution in [-0.4, -0.2) is 67.8 Å². The highest BCUT2D eigenvalue weighted by Crippen LogP contribution is 2.56. The molecule has 0 atom stereocenters. The molecule has 0 aliphatic carbocycles. The summed E-state index contributed by atoms with van der Waals surface area (Å²) in [5, 5.41) is 1.78. The lowest BCUT2D eigenvalue weighted by atomic mass is 10.0. The van der Waals surface area contributed by atoms with Crippen LogP contribution in [0.3, 0.4) is 0 Å². The van der Waals surface area contributed by atoms with Crippen molar-refractivity contribution in [1.29, 1.82) is 0 Å². The Labute approximate surface area is 420 Å². The Morgan fingerprint density at radius 1 is 0.400 bits per heavy atom. The summed E-state index contributed by atoms with van der Waals surface area (Å²) in [6.07, 6.45) is 0. The van der Waals surface area contributed by atoms with Crippen molar-refractivity contribution in [2.45, 2.75) is 55.4 Å². The zero-order valence-corrected chi connectivity index (χ0v) is 45.2. The molecule has 0 aromatic heterocycles. The maximum absolute atomic E-state index is 17.5. The molecular formula is C54H58Cl2O12P2. The summed E-state index contributed by atoms with van der Waals surface area (Å²) in [5.74, 6) is 0.596. The van der Waals surface area contributed by atoms with E-state index in [2.05, 4.69) is 0 Å². The summed E-state index contributed by atoms with van der Waals surface area (Å²) in [7, 11) is 0.148. The lowest BCUT2D eigenvalue weighted by Gasteiger charge is -2.31. The Morgan fingerprint density at radius 3 is 0.829 bits per heavy atom. The van der Waals surface area contributed by atoms with E-state index in [1.165, 1.54) is 26.4 Å². The topological polar surface area (TPSA) is 142 Å². The average Bonchev–Trinajstić information content (AvgIpc) is 3.31. The molecule has 70 heavy (non-hydrogen) atoms. The van der Waals surface area contributed by atoms with Gasteiger partial charge >= 0.3 is 11.9 Å². The number of rotatable bonds is 17. The van der Waals surface area contributed by atoms with Gasteiger partial charge in [-0.05, 0) is 173 Å². The molecule has 12 nitrogen and oxygen atoms in total. The molecule has 0 aliphatic heterocycles. The van der Waals surface area contributed by atoms with E-state index in [1.807, 2.05) is 55.4 Å². The second-order valence-electron chi connectivity index (χ2n) is 16.9. The van der Waals surface area contributed by atoms with Crippen LogP contribution in [0, 0.1) is 55.4 Å². The Morgan fingerprint density at radius 2 is 0.629 bits per heavy atom. The fourth-order valence-electron chi connectivity index (χ4n) is 9.34. The van der Waals surface area contributed by atoms with E-state index in [0.29, 0.717) is 88.7 Å². The van der Waals surface area contributed by atoms with E-state index in [1.54, 1.807) is 89.1 Å². The number of benzene rings is 6. The van der Waals surface area contributed by atoms with Gasteiger partial charge in [-0.25, -0.2) is 9.59 Å². The van der Waals surface area contributed by atoms with Gasteiger partial charge in [-0.1, -0.05) is 23.2 Å². The summed E-state index contributed by atoms with van der Waals surface area (Å²) >= 11 is 14.5. The van der Waals surface area contributed by atoms with Gasteiger partial charge in [-0.3, -0.25) is 0 Å². The molecule has 0 unspecified atom stereocenters. The molecule has 0 radical (unpaired) electrons. The zero-order chi connectivity index (χ0) is 51.6. The number of hydrogen-bond acceptors (Lipinski definition) is 12. The van der Waals surface area contributed by atoms with Crippen LogP contribution in [0.25, 0.3) is 11.1 Å². The van der Waals surface area contributed by atoms with Crippen LogP contribution in [0.2, 0.25) is 10.0 Å². The van der Waals surface area contributed by atoms with Gasteiger partial charge < -0.3 is 47.0 Å². The summed E-state index contributed by atoms with van der Waals surface area (Å²) in [5.41, 5.74) is 5.60. The van der Waals surface area contributed by atoms with Crippen LogP contribution in [0.5, 0.6) is 34.5 Å². The van der Waals surface area contributed by atoms with E-state index in [-0.39, 0.29) is 43.3 Å². The summed E-state index contributed by atoms with van der Waals surface area (Å²) in [6, 6.07) is 20.7. The average molecular weight is 1030 g/mol. The van der Waals surface area contributed by atoms with Crippen molar-refractivity contribution < 1.29 is 56.6 Å². The Hall–Kier alpha value is -5.90. The first kappa shape index (κ1) is 53.5. The van der Waals surface area contributed by atoms with E-state index < -0.39 is 39.4 Å². The van der Waals surface area contributed by atoms with Crippen molar-refractivity contribution in [3.8, 4) is 45.6 Å². The molecule has 0 saturated carbocycles. The van der Waals surface area contributed by atoms with Gasteiger partial charge in [0.15, 0.2) is 27.5 Å². The minimum atomic E-state index is -4.28. The predicted octanol–water partition coefficient (Wildman–Crippen LogP) is 9.54. The van der Waals surface area contributed by atoms with Crippen molar-refractivity contribution in [2.75, 3.05) is 55.9 Å². The number of hydrogen-bond donors (Lipinski definition) is 0. The van der Waals surface area contributed by atoms with Gasteiger partial charge in [0.1, 0.15) is 34.5 Å². The molecule has 6 aromatic rings. The fraction of sp³-hybridized carbons (Fsp3) is 0.296. The summed E-state index contributed by atoms with van der Waals surface area (Å²) < 4.78 is 81.1. The number of ether oxygens (including phenoxy) is 8. The van der Waals surface area contributed by atoms with E-state index in [9.17, 15) is 9.59 Å². The SMILES string of the molecule is COC(=O)COc1c(Cl)ccc(P(=O)(c2cc(C)c(OC)c(C)c2)c2cc(C)c(OC)c(C)c2)c1-c1c(P(=O)(c2cc(C)c(OC)c(C)c2)c2cc(C)c(OC)c(C)c2)ccc(Cl)c1OCC(=O)OC. The lowest BCUT2D eigenvalue weighted by Crippen LogP contribution is -2.32. The van der Waals surface area contributed by atoms with Crippen LogP contribution in [0.1, 0.15) is 44.5 Å². The van der Waals surface area contributed by atoms with Gasteiger partial charge in [0.2, 0.25) is 0 Å². The molecule has 16 heteroatoms. The molecule has 0 saturated heterocycles. The highest BCUT2D eigenvalue weighted by Gasteiger charge is 2.42. The third-order valence-corrected chi connectivity index (χ3v) is 18.9. The summed E-state index contributed by atoms with van der Waals surface area (Å²) in [4.78, 5) is 26.1. The number of aryl methyl sites for hydroxylation is 8. The zero-order valence-electron chi connectivity index (χ0n) is 41.9. The first-order valence-electron chi connectivity index (χ1n) is 22.1. The Bertz CT molecular complexity index is 2720. The molecule has 370 valence electrons. The van der Waals surface area contributed by atoms with Crippen molar-refractivity contribution in [2.24, 2.45) is 0 Å². The van der Waals surface area contributed by atoms with Crippen LogP contribution >= 0.6 is 37.5 Å². The van der Waals surface area contributed by atoms with E-state index in [4.69, 9.17) is 61.1 Å². The normalized spacial score (nSPS) is 11.5. The van der Waals surface area contributed by atoms with E-state index in [0.717, 1.165) is 0 Å². The smallest absolute Gasteiger partial charge is 0.343 e. The van der Waals surface area contributed by atoms with Crippen molar-refractivity contribution >= 4 is 81.3 Å². The quantitative estimate of drug-likeness (QED) is 0.0635. The molecule has 0 heterocycles. The lowest BCUT2D eigenvalue weighted by molar-refractivity contribution is -0.143. The van der Waals surface area contributed by atoms with Crippen molar-refractivity contribution in [1.82, 2.24) is 0 Å². The molecule has 0 aliphatic rings. The number of carbonyl (C=O) groups excluding carboxylic acids is 2. The van der Waals surface area contributed by atoms with E-state index >= 15 is 9.13 Å². The molecule has 6 rings (SSSR count). The van der Waals surface area contributed by atoms with Gasteiger partial charge in [0, 0.05) is 43.0 Å². The molecule has 0 amide bonds. The van der Waals surface area contributed by atoms with Gasteiger partial charge in [0.25, 0.3) is 0 Å². The maximum atomic E-state index is 17.5.